The van der Waals surface area contributed by atoms with Gasteiger partial charge in [0.2, 0.25) is 0 Å². The Morgan fingerprint density at radius 3 is 2.40 bits per heavy atom. The number of carbonyl (C=O) groups is 2. The van der Waals surface area contributed by atoms with Gasteiger partial charge in [0.1, 0.15) is 4.21 Å². The average Bonchev–Trinajstić information content (AvgIpc) is 3.13. The minimum Gasteiger partial charge on any atom is -0.478 e. The summed E-state index contributed by atoms with van der Waals surface area (Å²) in [6, 6.07) is 2.71. The number of aromatic carboxylic acids is 1. The third kappa shape index (κ3) is 3.52. The van der Waals surface area contributed by atoms with Crippen molar-refractivity contribution >= 4 is 33.2 Å². The van der Waals surface area contributed by atoms with Gasteiger partial charge in [0, 0.05) is 31.6 Å². The van der Waals surface area contributed by atoms with Gasteiger partial charge in [-0.25, -0.2) is 13.2 Å². The Hall–Kier alpha value is -2.37. The van der Waals surface area contributed by atoms with Crippen LogP contribution in [0.5, 0.6) is 0 Å². The summed E-state index contributed by atoms with van der Waals surface area (Å²) in [5.74, 6) is -1.39. The number of sulfonamides is 1. The lowest BCUT2D eigenvalue weighted by Crippen LogP contribution is -2.50. The molecule has 0 spiro atoms. The van der Waals surface area contributed by atoms with Gasteiger partial charge in [-0.3, -0.25) is 4.79 Å². The van der Waals surface area contributed by atoms with Gasteiger partial charge < -0.3 is 10.0 Å². The van der Waals surface area contributed by atoms with Crippen LogP contribution in [0.15, 0.2) is 34.1 Å². The molecule has 132 valence electrons. The molecule has 0 atom stereocenters. The molecule has 2 aromatic rings. The minimum atomic E-state index is -3.76. The molecule has 0 aliphatic carbocycles. The number of carboxylic acids is 1. The second kappa shape index (κ2) is 6.86. The van der Waals surface area contributed by atoms with Crippen molar-refractivity contribution in [3.63, 3.8) is 0 Å². The maximum absolute atomic E-state index is 12.6. The number of amides is 1. The van der Waals surface area contributed by atoms with Crippen molar-refractivity contribution in [3.8, 4) is 0 Å². The maximum atomic E-state index is 12.6. The predicted octanol–water partition coefficient (Wildman–Crippen LogP) is 0.383. The van der Waals surface area contributed by atoms with Gasteiger partial charge in [0.05, 0.1) is 23.5 Å². The van der Waals surface area contributed by atoms with E-state index in [-0.39, 0.29) is 41.9 Å². The molecule has 11 heteroatoms. The van der Waals surface area contributed by atoms with Crippen LogP contribution in [0.4, 0.5) is 0 Å². The number of aromatic nitrogens is 2. The molecule has 0 unspecified atom stereocenters. The van der Waals surface area contributed by atoms with Crippen LogP contribution in [0.2, 0.25) is 0 Å². The van der Waals surface area contributed by atoms with Gasteiger partial charge in [-0.1, -0.05) is 0 Å². The summed E-state index contributed by atoms with van der Waals surface area (Å²) in [6.07, 6.45) is 2.79. The molecule has 1 aliphatic rings. The third-order valence-corrected chi connectivity index (χ3v) is 7.09. The van der Waals surface area contributed by atoms with E-state index in [0.717, 1.165) is 17.4 Å². The first-order valence-electron chi connectivity index (χ1n) is 7.27. The van der Waals surface area contributed by atoms with Gasteiger partial charge in [-0.2, -0.15) is 14.5 Å². The molecule has 25 heavy (non-hydrogen) atoms. The van der Waals surface area contributed by atoms with Crippen LogP contribution in [0, 0.1) is 0 Å². The summed E-state index contributed by atoms with van der Waals surface area (Å²) in [5, 5.41) is 17.5. The second-order valence-corrected chi connectivity index (χ2v) is 8.36. The first-order valence-corrected chi connectivity index (χ1v) is 9.59. The Bertz CT molecular complexity index is 889. The highest BCUT2D eigenvalue weighted by Crippen LogP contribution is 2.25. The highest BCUT2D eigenvalue weighted by molar-refractivity contribution is 7.91. The van der Waals surface area contributed by atoms with E-state index in [1.807, 2.05) is 0 Å². The van der Waals surface area contributed by atoms with Crippen molar-refractivity contribution in [1.29, 1.82) is 0 Å². The lowest BCUT2D eigenvalue weighted by Gasteiger charge is -2.33. The second-order valence-electron chi connectivity index (χ2n) is 5.29. The number of carbonyl (C=O) groups excluding carboxylic acids is 1. The van der Waals surface area contributed by atoms with Crippen molar-refractivity contribution < 1.29 is 23.1 Å². The van der Waals surface area contributed by atoms with E-state index in [4.69, 9.17) is 5.11 Å². The highest BCUT2D eigenvalue weighted by Gasteiger charge is 2.31. The van der Waals surface area contributed by atoms with Gasteiger partial charge >= 0.3 is 5.97 Å². The van der Waals surface area contributed by atoms with Crippen molar-refractivity contribution in [2.45, 2.75) is 4.21 Å². The molecule has 0 radical (unpaired) electrons. The molecule has 3 rings (SSSR count). The van der Waals surface area contributed by atoms with Gasteiger partial charge in [0.25, 0.3) is 15.9 Å². The number of hydrogen-bond donors (Lipinski definition) is 1. The van der Waals surface area contributed by atoms with E-state index in [9.17, 15) is 18.0 Å². The molecule has 9 nitrogen and oxygen atoms in total. The zero-order chi connectivity index (χ0) is 18.0. The summed E-state index contributed by atoms with van der Waals surface area (Å²) in [5.41, 5.74) is 0.346. The number of nitrogens with zero attached hydrogens (tertiary/aromatic N) is 4. The van der Waals surface area contributed by atoms with Gasteiger partial charge in [0.15, 0.2) is 0 Å². The Labute approximate surface area is 147 Å². The van der Waals surface area contributed by atoms with Crippen LogP contribution in [0.3, 0.4) is 0 Å². The Kier molecular flexibility index (Phi) is 4.79. The Morgan fingerprint density at radius 1 is 1.12 bits per heavy atom. The largest absolute Gasteiger partial charge is 0.478 e. The fraction of sp³-hybridized carbons (Fsp3) is 0.286. The number of rotatable bonds is 4. The summed E-state index contributed by atoms with van der Waals surface area (Å²) < 4.78 is 26.4. The van der Waals surface area contributed by atoms with E-state index < -0.39 is 16.0 Å². The van der Waals surface area contributed by atoms with Crippen LogP contribution in [0.1, 0.15) is 20.7 Å². The van der Waals surface area contributed by atoms with E-state index in [0.29, 0.717) is 5.56 Å². The van der Waals surface area contributed by atoms with Crippen molar-refractivity contribution in [2.75, 3.05) is 26.2 Å². The molecular weight excluding hydrogens is 368 g/mol. The Morgan fingerprint density at radius 2 is 1.84 bits per heavy atom. The van der Waals surface area contributed by atoms with Gasteiger partial charge in [-0.15, -0.1) is 11.3 Å². The zero-order valence-electron chi connectivity index (χ0n) is 12.9. The molecule has 3 heterocycles. The maximum Gasteiger partial charge on any atom is 0.336 e. The first-order chi connectivity index (χ1) is 11.9. The molecule has 1 N–H and O–H groups in total. The summed E-state index contributed by atoms with van der Waals surface area (Å²) in [4.78, 5) is 24.8. The summed E-state index contributed by atoms with van der Waals surface area (Å²) in [6.45, 7) is 0.787. The van der Waals surface area contributed by atoms with E-state index >= 15 is 0 Å². The molecule has 1 amide bonds. The average molecular weight is 382 g/mol. The topological polar surface area (TPSA) is 121 Å². The molecule has 1 fully saturated rings. The summed E-state index contributed by atoms with van der Waals surface area (Å²) in [7, 11) is -3.76. The van der Waals surface area contributed by atoms with Crippen LogP contribution in [0.25, 0.3) is 0 Å². The van der Waals surface area contributed by atoms with Crippen LogP contribution >= 0.6 is 11.3 Å². The van der Waals surface area contributed by atoms with E-state index in [2.05, 4.69) is 10.2 Å². The van der Waals surface area contributed by atoms with E-state index in [1.165, 1.54) is 22.1 Å². The number of hydrogen-bond acceptors (Lipinski definition) is 7. The van der Waals surface area contributed by atoms with Crippen LogP contribution in [-0.2, 0) is 10.0 Å². The smallest absolute Gasteiger partial charge is 0.336 e. The molecule has 2 aromatic heterocycles. The summed E-state index contributed by atoms with van der Waals surface area (Å²) >= 11 is 0.876. The molecule has 0 saturated carbocycles. The SMILES string of the molecule is O=C(O)c1csc(S(=O)(=O)N2CCN(C(=O)c3ccnnc3)CC2)c1. The third-order valence-electron chi connectivity index (χ3n) is 3.77. The fourth-order valence-corrected chi connectivity index (χ4v) is 5.15. The van der Waals surface area contributed by atoms with Crippen LogP contribution < -0.4 is 0 Å². The standard InChI is InChI=1S/C14H14N4O5S2/c19-13(10-1-2-15-16-8-10)17-3-5-18(6-4-17)25(22,23)12-7-11(9-24-12)14(20)21/h1-2,7-9H,3-6H2,(H,20,21). The van der Waals surface area contributed by atoms with Crippen LogP contribution in [-0.4, -0.2) is 71.0 Å². The number of carboxylic acid groups (broad SMARTS) is 1. The number of piperazine rings is 1. The van der Waals surface area contributed by atoms with Gasteiger partial charge in [-0.05, 0) is 12.1 Å². The zero-order valence-corrected chi connectivity index (χ0v) is 14.5. The molecule has 1 aliphatic heterocycles. The molecular formula is C14H14N4O5S2. The quantitative estimate of drug-likeness (QED) is 0.811. The van der Waals surface area contributed by atoms with Crippen molar-refractivity contribution in [1.82, 2.24) is 19.4 Å². The van der Waals surface area contributed by atoms with Crippen molar-refractivity contribution in [2.24, 2.45) is 0 Å². The lowest BCUT2D eigenvalue weighted by molar-refractivity contribution is 0.0688. The number of thiophene rings is 1. The molecule has 1 saturated heterocycles. The molecule has 0 aromatic carbocycles. The normalized spacial score (nSPS) is 15.9. The predicted molar refractivity (Wildman–Crippen MR) is 88.0 cm³/mol. The fourth-order valence-electron chi connectivity index (χ4n) is 2.42. The Balaban J connectivity index is 1.69. The van der Waals surface area contributed by atoms with Crippen molar-refractivity contribution in [3.05, 3.63) is 41.0 Å². The lowest BCUT2D eigenvalue weighted by atomic mass is 10.2. The highest BCUT2D eigenvalue weighted by atomic mass is 32.2. The monoisotopic (exact) mass is 382 g/mol. The minimum absolute atomic E-state index is 0.0111. The first kappa shape index (κ1) is 17.5. The molecule has 0 bridgehead atoms. The van der Waals surface area contributed by atoms with E-state index in [1.54, 1.807) is 11.0 Å².